The lowest BCUT2D eigenvalue weighted by atomic mass is 10.1. The molecule has 8 nitrogen and oxygen atoms in total. The summed E-state index contributed by atoms with van der Waals surface area (Å²) in [5.74, 6) is 1.63. The van der Waals surface area contributed by atoms with Gasteiger partial charge in [-0.3, -0.25) is 15.0 Å². The fourth-order valence-electron chi connectivity index (χ4n) is 5.30. The zero-order chi connectivity index (χ0) is 24.8. The number of hydrogen-bond acceptors (Lipinski definition) is 7. The van der Waals surface area contributed by atoms with E-state index in [1.165, 1.54) is 0 Å². The van der Waals surface area contributed by atoms with Gasteiger partial charge in [-0.15, -0.1) is 0 Å². The van der Waals surface area contributed by atoms with Gasteiger partial charge in [0.25, 0.3) is 0 Å². The molecular formula is C26H26Cl2N6O2. The Kier molecular flexibility index (Phi) is 6.21. The lowest BCUT2D eigenvalue weighted by Crippen LogP contribution is -2.50. The van der Waals surface area contributed by atoms with Gasteiger partial charge in [-0.05, 0) is 43.7 Å². The van der Waals surface area contributed by atoms with Crippen LogP contribution in [0.3, 0.4) is 0 Å². The Morgan fingerprint density at radius 3 is 2.69 bits per heavy atom. The van der Waals surface area contributed by atoms with E-state index < -0.39 is 0 Å². The maximum atomic E-state index is 9.99. The maximum Gasteiger partial charge on any atom is 0.128 e. The van der Waals surface area contributed by atoms with Crippen LogP contribution in [0.5, 0.6) is 5.75 Å². The third-order valence-electron chi connectivity index (χ3n) is 7.08. The fraction of sp³-hybridized carbons (Fsp3) is 0.346. The van der Waals surface area contributed by atoms with Gasteiger partial charge < -0.3 is 14.7 Å². The lowest BCUT2D eigenvalue weighted by Gasteiger charge is -2.37. The highest BCUT2D eigenvalue weighted by molar-refractivity contribution is 6.35. The number of hydrogen-bond donors (Lipinski definition) is 2. The number of H-pyrrole nitrogens is 1. The molecule has 2 aliphatic rings. The van der Waals surface area contributed by atoms with Crippen molar-refractivity contribution in [2.45, 2.75) is 31.6 Å². The van der Waals surface area contributed by atoms with Crippen molar-refractivity contribution in [1.29, 1.82) is 0 Å². The topological polar surface area (TPSA) is 90.4 Å². The van der Waals surface area contributed by atoms with E-state index in [0.29, 0.717) is 27.4 Å². The van der Waals surface area contributed by atoms with Gasteiger partial charge >= 0.3 is 0 Å². The molecule has 0 bridgehead atoms. The summed E-state index contributed by atoms with van der Waals surface area (Å²) < 4.78 is 6.19. The summed E-state index contributed by atoms with van der Waals surface area (Å²) in [5, 5.41) is 19.5. The summed E-state index contributed by atoms with van der Waals surface area (Å²) in [5.41, 5.74) is 3.34. The molecule has 0 amide bonds. The Morgan fingerprint density at radius 2 is 1.92 bits per heavy atom. The maximum absolute atomic E-state index is 9.99. The Bertz CT molecular complexity index is 1370. The van der Waals surface area contributed by atoms with E-state index in [9.17, 15) is 5.11 Å². The number of piperazine rings is 1. The average molecular weight is 525 g/mol. The second-order valence-electron chi connectivity index (χ2n) is 9.45. The van der Waals surface area contributed by atoms with Crippen LogP contribution in [0.15, 0.2) is 48.9 Å². The zero-order valence-electron chi connectivity index (χ0n) is 19.7. The van der Waals surface area contributed by atoms with Gasteiger partial charge in [0.2, 0.25) is 0 Å². The molecule has 2 aliphatic heterocycles. The molecule has 0 spiro atoms. The van der Waals surface area contributed by atoms with Crippen molar-refractivity contribution in [3.05, 3.63) is 64.5 Å². The summed E-state index contributed by atoms with van der Waals surface area (Å²) in [4.78, 5) is 13.4. The number of pyridine rings is 2. The number of ether oxygens (including phenoxy) is 1. The number of anilines is 1. The third kappa shape index (κ3) is 4.39. The Labute approximate surface area is 218 Å². The molecule has 4 aromatic rings. The van der Waals surface area contributed by atoms with Crippen molar-refractivity contribution in [2.24, 2.45) is 0 Å². The molecule has 5 heterocycles. The second-order valence-corrected chi connectivity index (χ2v) is 10.3. The van der Waals surface area contributed by atoms with Crippen molar-refractivity contribution < 1.29 is 9.84 Å². The van der Waals surface area contributed by atoms with E-state index in [1.807, 2.05) is 37.4 Å². The number of rotatable bonds is 5. The molecule has 1 aromatic carbocycles. The predicted octanol–water partition coefficient (Wildman–Crippen LogP) is 4.72. The van der Waals surface area contributed by atoms with Crippen LogP contribution < -0.4 is 9.64 Å². The molecule has 186 valence electrons. The van der Waals surface area contributed by atoms with E-state index in [1.54, 1.807) is 12.4 Å². The fourth-order valence-corrected chi connectivity index (χ4v) is 5.97. The number of aliphatic hydroxyl groups is 1. The molecule has 2 fully saturated rings. The van der Waals surface area contributed by atoms with Gasteiger partial charge in [-0.1, -0.05) is 23.2 Å². The third-order valence-corrected chi connectivity index (χ3v) is 7.69. The van der Waals surface area contributed by atoms with Crippen molar-refractivity contribution in [2.75, 3.05) is 31.1 Å². The first-order valence-corrected chi connectivity index (χ1v) is 12.8. The zero-order valence-corrected chi connectivity index (χ0v) is 21.2. The monoisotopic (exact) mass is 524 g/mol. The van der Waals surface area contributed by atoms with E-state index in [4.69, 9.17) is 32.9 Å². The SMILES string of the molecule is C[C@@H](Oc1ccc2[nH]nc(-c3ccc(N4CCN5C[C@H](O)C[C@H]5C4)nc3)c2c1)c1c(Cl)cncc1Cl. The Balaban J connectivity index is 1.22. The van der Waals surface area contributed by atoms with E-state index in [0.717, 1.165) is 60.6 Å². The van der Waals surface area contributed by atoms with Gasteiger partial charge in [0.15, 0.2) is 0 Å². The first kappa shape index (κ1) is 23.5. The molecule has 0 unspecified atom stereocenters. The molecule has 3 atom stereocenters. The van der Waals surface area contributed by atoms with Crippen molar-refractivity contribution >= 4 is 39.9 Å². The van der Waals surface area contributed by atoms with E-state index in [-0.39, 0.29) is 12.2 Å². The van der Waals surface area contributed by atoms with Gasteiger partial charge in [-0.2, -0.15) is 5.10 Å². The molecule has 2 N–H and O–H groups in total. The second kappa shape index (κ2) is 9.52. The van der Waals surface area contributed by atoms with Gasteiger partial charge in [0.1, 0.15) is 23.4 Å². The largest absolute Gasteiger partial charge is 0.486 e. The standard InChI is InChI=1S/C26H26Cl2N6O2/c1-15(25-21(27)11-29-12-22(25)28)36-19-3-4-23-20(9-19)26(32-31-23)16-2-5-24(30-10-16)34-7-6-33-14-18(35)8-17(33)13-34/h2-5,9-12,15,17-18,35H,6-8,13-14H2,1H3,(H,31,32)/t15-,17+,18-/m1/s1. The molecule has 0 radical (unpaired) electrons. The number of fused-ring (bicyclic) bond motifs is 2. The van der Waals surface area contributed by atoms with Crippen molar-refractivity contribution in [1.82, 2.24) is 25.1 Å². The summed E-state index contributed by atoms with van der Waals surface area (Å²) in [7, 11) is 0. The van der Waals surface area contributed by atoms with Crippen LogP contribution in [-0.4, -0.2) is 68.5 Å². The molecule has 2 saturated heterocycles. The molecule has 3 aromatic heterocycles. The minimum absolute atomic E-state index is 0.214. The van der Waals surface area contributed by atoms with Crippen LogP contribution in [-0.2, 0) is 0 Å². The number of halogens is 2. The van der Waals surface area contributed by atoms with Crippen molar-refractivity contribution in [3.63, 3.8) is 0 Å². The van der Waals surface area contributed by atoms with Crippen LogP contribution in [0.2, 0.25) is 10.0 Å². The number of aromatic amines is 1. The van der Waals surface area contributed by atoms with Crippen LogP contribution in [0.1, 0.15) is 25.0 Å². The minimum Gasteiger partial charge on any atom is -0.486 e. The van der Waals surface area contributed by atoms with Crippen LogP contribution in [0.25, 0.3) is 22.2 Å². The first-order valence-electron chi connectivity index (χ1n) is 12.0. The summed E-state index contributed by atoms with van der Waals surface area (Å²) in [6.45, 7) is 5.43. The van der Waals surface area contributed by atoms with E-state index in [2.05, 4.69) is 31.0 Å². The molecule has 0 saturated carbocycles. The molecule has 36 heavy (non-hydrogen) atoms. The van der Waals surface area contributed by atoms with Crippen LogP contribution in [0.4, 0.5) is 5.82 Å². The quantitative estimate of drug-likeness (QED) is 0.390. The first-order chi connectivity index (χ1) is 17.5. The molecule has 0 aliphatic carbocycles. The lowest BCUT2D eigenvalue weighted by molar-refractivity contribution is 0.173. The Morgan fingerprint density at radius 1 is 1.08 bits per heavy atom. The number of nitrogens with zero attached hydrogens (tertiary/aromatic N) is 5. The number of aromatic nitrogens is 4. The molecule has 10 heteroatoms. The van der Waals surface area contributed by atoms with Crippen LogP contribution >= 0.6 is 23.2 Å². The van der Waals surface area contributed by atoms with E-state index >= 15 is 0 Å². The molecule has 6 rings (SSSR count). The summed E-state index contributed by atoms with van der Waals surface area (Å²) >= 11 is 12.6. The number of aliphatic hydroxyl groups excluding tert-OH is 1. The van der Waals surface area contributed by atoms with Gasteiger partial charge in [0.05, 0.1) is 21.7 Å². The van der Waals surface area contributed by atoms with Gasteiger partial charge in [-0.25, -0.2) is 4.98 Å². The highest BCUT2D eigenvalue weighted by Gasteiger charge is 2.35. The molecular weight excluding hydrogens is 499 g/mol. The average Bonchev–Trinajstić information content (AvgIpc) is 3.45. The summed E-state index contributed by atoms with van der Waals surface area (Å²) in [6.07, 6.45) is 5.25. The van der Waals surface area contributed by atoms with Crippen molar-refractivity contribution in [3.8, 4) is 17.0 Å². The highest BCUT2D eigenvalue weighted by Crippen LogP contribution is 2.35. The predicted molar refractivity (Wildman–Crippen MR) is 141 cm³/mol. The smallest absolute Gasteiger partial charge is 0.128 e. The van der Waals surface area contributed by atoms with Crippen LogP contribution in [0, 0.1) is 0 Å². The highest BCUT2D eigenvalue weighted by atomic mass is 35.5. The van der Waals surface area contributed by atoms with Gasteiger partial charge in [0, 0.05) is 67.3 Å². The Hall–Kier alpha value is -2.91. The number of nitrogens with one attached hydrogen (secondary N) is 1. The number of benzene rings is 1. The summed E-state index contributed by atoms with van der Waals surface area (Å²) in [6, 6.07) is 10.3. The minimum atomic E-state index is -0.358. The normalized spacial score (nSPS) is 21.1.